The first-order valence-electron chi connectivity index (χ1n) is 6.53. The topological polar surface area (TPSA) is 61.4 Å². The van der Waals surface area contributed by atoms with E-state index >= 15 is 0 Å². The van der Waals surface area contributed by atoms with Crippen LogP contribution in [-0.4, -0.2) is 29.8 Å². The Morgan fingerprint density at radius 2 is 2.00 bits per heavy atom. The van der Waals surface area contributed by atoms with Gasteiger partial charge in [0, 0.05) is 12.6 Å². The Balaban J connectivity index is 2.20. The quantitative estimate of drug-likeness (QED) is 0.705. The monoisotopic (exact) mass is 242 g/mol. The van der Waals surface area contributed by atoms with Crippen LogP contribution in [0.4, 0.5) is 4.79 Å². The first-order valence-corrected chi connectivity index (χ1v) is 6.53. The van der Waals surface area contributed by atoms with Gasteiger partial charge in [0.2, 0.25) is 0 Å². The Bertz CT molecular complexity index is 257. The molecule has 1 aliphatic rings. The van der Waals surface area contributed by atoms with Crippen LogP contribution in [0.25, 0.3) is 0 Å². The third-order valence-electron chi connectivity index (χ3n) is 3.67. The van der Waals surface area contributed by atoms with Gasteiger partial charge >= 0.3 is 6.03 Å². The minimum atomic E-state index is -0.521. The van der Waals surface area contributed by atoms with E-state index in [2.05, 4.69) is 10.6 Å². The number of hydrogen-bond acceptors (Lipinski definition) is 2. The molecule has 1 saturated carbocycles. The van der Waals surface area contributed by atoms with Crippen molar-refractivity contribution in [2.24, 2.45) is 11.3 Å². The molecule has 0 aromatic rings. The molecule has 0 bridgehead atoms. The zero-order valence-corrected chi connectivity index (χ0v) is 11.4. The summed E-state index contributed by atoms with van der Waals surface area (Å²) in [5.74, 6) is 0.633. The Hall–Kier alpha value is -0.770. The second-order valence-corrected chi connectivity index (χ2v) is 6.22. The average molecular weight is 242 g/mol. The second kappa shape index (κ2) is 5.71. The van der Waals surface area contributed by atoms with Crippen LogP contribution in [0.2, 0.25) is 0 Å². The van der Waals surface area contributed by atoms with Gasteiger partial charge in [0.25, 0.3) is 0 Å². The number of carbonyl (C=O) groups is 1. The van der Waals surface area contributed by atoms with E-state index in [1.54, 1.807) is 0 Å². The van der Waals surface area contributed by atoms with Gasteiger partial charge < -0.3 is 15.7 Å². The summed E-state index contributed by atoms with van der Waals surface area (Å²) in [6.45, 7) is 8.20. The molecule has 0 saturated heterocycles. The fraction of sp³-hybridized carbons (Fsp3) is 0.923. The number of hydrogen-bond donors (Lipinski definition) is 3. The van der Waals surface area contributed by atoms with Gasteiger partial charge in [0.1, 0.15) is 0 Å². The van der Waals surface area contributed by atoms with Gasteiger partial charge in [-0.3, -0.25) is 0 Å². The van der Waals surface area contributed by atoms with Gasteiger partial charge in [-0.25, -0.2) is 4.79 Å². The molecule has 1 fully saturated rings. The first-order chi connectivity index (χ1) is 7.80. The minimum absolute atomic E-state index is 0.173. The maximum absolute atomic E-state index is 11.6. The minimum Gasteiger partial charge on any atom is -0.391 e. The van der Waals surface area contributed by atoms with E-state index in [-0.39, 0.29) is 17.5 Å². The second-order valence-electron chi connectivity index (χ2n) is 6.22. The Morgan fingerprint density at radius 3 is 2.41 bits per heavy atom. The lowest BCUT2D eigenvalue weighted by Gasteiger charge is -2.32. The van der Waals surface area contributed by atoms with Crippen molar-refractivity contribution < 1.29 is 9.90 Å². The van der Waals surface area contributed by atoms with Crippen LogP contribution in [0.15, 0.2) is 0 Å². The molecule has 1 rings (SSSR count). The molecular weight excluding hydrogens is 216 g/mol. The molecule has 2 atom stereocenters. The number of aliphatic hydroxyl groups is 1. The van der Waals surface area contributed by atoms with E-state index < -0.39 is 6.10 Å². The zero-order valence-electron chi connectivity index (χ0n) is 11.4. The number of aliphatic hydroxyl groups excluding tert-OH is 1. The average Bonchev–Trinajstić information content (AvgIpc) is 2.09. The molecule has 1 aliphatic carbocycles. The first kappa shape index (κ1) is 14.3. The van der Waals surface area contributed by atoms with Crippen molar-refractivity contribution >= 4 is 6.03 Å². The van der Waals surface area contributed by atoms with Gasteiger partial charge in [0.15, 0.2) is 0 Å². The van der Waals surface area contributed by atoms with Gasteiger partial charge in [0.05, 0.1) is 6.10 Å². The molecule has 2 amide bonds. The maximum atomic E-state index is 11.6. The largest absolute Gasteiger partial charge is 0.391 e. The molecular formula is C13H26N2O2. The van der Waals surface area contributed by atoms with Crippen molar-refractivity contribution in [2.45, 2.75) is 59.1 Å². The van der Waals surface area contributed by atoms with E-state index in [0.717, 1.165) is 0 Å². The predicted octanol–water partition coefficient (Wildman–Crippen LogP) is 1.88. The molecule has 0 spiro atoms. The lowest BCUT2D eigenvalue weighted by molar-refractivity contribution is 0.0647. The number of carbonyl (C=O) groups excluding carboxylic acids is 1. The molecule has 100 valence electrons. The third-order valence-corrected chi connectivity index (χ3v) is 3.67. The van der Waals surface area contributed by atoms with Gasteiger partial charge in [-0.15, -0.1) is 0 Å². The Kier molecular flexibility index (Phi) is 4.80. The standard InChI is InChI=1S/C13H26N2O2/c1-9(10-6-5-7-10)15-12(17)14-8-11(16)13(2,3)4/h9-11,16H,5-8H2,1-4H3,(H2,14,15,17). The summed E-state index contributed by atoms with van der Waals surface area (Å²) in [6.07, 6.45) is 3.19. The van der Waals surface area contributed by atoms with Crippen molar-refractivity contribution in [1.29, 1.82) is 0 Å². The van der Waals surface area contributed by atoms with Crippen molar-refractivity contribution in [3.63, 3.8) is 0 Å². The van der Waals surface area contributed by atoms with E-state index in [1.807, 2.05) is 27.7 Å². The van der Waals surface area contributed by atoms with Crippen LogP contribution in [0, 0.1) is 11.3 Å². The van der Waals surface area contributed by atoms with Crippen LogP contribution >= 0.6 is 0 Å². The van der Waals surface area contributed by atoms with E-state index in [9.17, 15) is 9.90 Å². The molecule has 4 nitrogen and oxygen atoms in total. The van der Waals surface area contributed by atoms with Gasteiger partial charge in [-0.2, -0.15) is 0 Å². The molecule has 0 aromatic heterocycles. The van der Waals surface area contributed by atoms with Gasteiger partial charge in [-0.05, 0) is 31.1 Å². The molecule has 2 unspecified atom stereocenters. The van der Waals surface area contributed by atoms with Crippen LogP contribution in [0.5, 0.6) is 0 Å². The Morgan fingerprint density at radius 1 is 1.41 bits per heavy atom. The van der Waals surface area contributed by atoms with Crippen molar-refractivity contribution in [3.05, 3.63) is 0 Å². The highest BCUT2D eigenvalue weighted by Crippen LogP contribution is 2.29. The summed E-state index contributed by atoms with van der Waals surface area (Å²) in [5, 5.41) is 15.4. The number of nitrogens with one attached hydrogen (secondary N) is 2. The Labute approximate surface area is 104 Å². The molecule has 4 heteroatoms. The lowest BCUT2D eigenvalue weighted by Crippen LogP contribution is -2.48. The molecule has 0 aromatic carbocycles. The van der Waals surface area contributed by atoms with E-state index in [4.69, 9.17) is 0 Å². The summed E-state index contributed by atoms with van der Waals surface area (Å²) in [7, 11) is 0. The highest BCUT2D eigenvalue weighted by molar-refractivity contribution is 5.74. The molecule has 0 heterocycles. The highest BCUT2D eigenvalue weighted by Gasteiger charge is 2.26. The number of urea groups is 1. The summed E-state index contributed by atoms with van der Waals surface area (Å²) >= 11 is 0. The smallest absolute Gasteiger partial charge is 0.315 e. The van der Waals surface area contributed by atoms with Gasteiger partial charge in [-0.1, -0.05) is 27.2 Å². The third kappa shape index (κ3) is 4.54. The van der Waals surface area contributed by atoms with Crippen LogP contribution in [0.1, 0.15) is 47.0 Å². The summed E-state index contributed by atoms with van der Waals surface area (Å²) in [6, 6.07) is 0.0585. The van der Waals surface area contributed by atoms with E-state index in [0.29, 0.717) is 12.5 Å². The SMILES string of the molecule is CC(NC(=O)NCC(O)C(C)(C)C)C1CCC1. The molecule has 3 N–H and O–H groups in total. The summed E-state index contributed by atoms with van der Waals surface area (Å²) in [5.41, 5.74) is -0.202. The summed E-state index contributed by atoms with van der Waals surface area (Å²) < 4.78 is 0. The van der Waals surface area contributed by atoms with Crippen LogP contribution in [0.3, 0.4) is 0 Å². The van der Waals surface area contributed by atoms with Crippen molar-refractivity contribution in [3.8, 4) is 0 Å². The molecule has 0 aliphatic heterocycles. The molecule has 17 heavy (non-hydrogen) atoms. The van der Waals surface area contributed by atoms with E-state index in [1.165, 1.54) is 19.3 Å². The number of amides is 2. The fourth-order valence-corrected chi connectivity index (χ4v) is 1.81. The normalized spacial score (nSPS) is 20.3. The fourth-order valence-electron chi connectivity index (χ4n) is 1.81. The lowest BCUT2D eigenvalue weighted by atomic mass is 9.80. The van der Waals surface area contributed by atoms with Crippen molar-refractivity contribution in [1.82, 2.24) is 10.6 Å². The summed E-state index contributed by atoms with van der Waals surface area (Å²) in [4.78, 5) is 11.6. The van der Waals surface area contributed by atoms with Crippen molar-refractivity contribution in [2.75, 3.05) is 6.54 Å². The molecule has 0 radical (unpaired) electrons. The van der Waals surface area contributed by atoms with Crippen LogP contribution < -0.4 is 10.6 Å². The highest BCUT2D eigenvalue weighted by atomic mass is 16.3. The maximum Gasteiger partial charge on any atom is 0.315 e. The predicted molar refractivity (Wildman–Crippen MR) is 68.8 cm³/mol. The number of rotatable bonds is 4. The van der Waals surface area contributed by atoms with Crippen LogP contribution in [-0.2, 0) is 0 Å². The zero-order chi connectivity index (χ0) is 13.1.